The number of hydrogen-bond donors (Lipinski definition) is 1. The number of aromatic nitrogens is 2. The predicted octanol–water partition coefficient (Wildman–Crippen LogP) is 2.08. The van der Waals surface area contributed by atoms with Gasteiger partial charge in [0.25, 0.3) is 0 Å². The third-order valence-electron chi connectivity index (χ3n) is 2.44. The molecule has 1 aromatic rings. The topological polar surface area (TPSA) is 64.3 Å². The Labute approximate surface area is 103 Å². The van der Waals surface area contributed by atoms with Crippen molar-refractivity contribution in [3.8, 4) is 5.88 Å². The lowest BCUT2D eigenvalue weighted by atomic mass is 10.3. The van der Waals surface area contributed by atoms with Gasteiger partial charge in [-0.25, -0.2) is 4.98 Å². The van der Waals surface area contributed by atoms with E-state index in [1.807, 2.05) is 6.92 Å². The first kappa shape index (κ1) is 13.5. The largest absolute Gasteiger partial charge is 0.476 e. The molecule has 5 nitrogen and oxygen atoms in total. The average molecular weight is 238 g/mol. The molecule has 0 fully saturated rings. The summed E-state index contributed by atoms with van der Waals surface area (Å²) in [7, 11) is 0. The fourth-order valence-electron chi connectivity index (χ4n) is 1.62. The van der Waals surface area contributed by atoms with E-state index in [0.29, 0.717) is 18.2 Å². The van der Waals surface area contributed by atoms with Crippen LogP contribution in [0.3, 0.4) is 0 Å². The third-order valence-corrected chi connectivity index (χ3v) is 2.44. The molecule has 5 heteroatoms. The molecule has 1 aromatic heterocycles. The fraction of sp³-hybridized carbons (Fsp3) is 0.667. The van der Waals surface area contributed by atoms with Gasteiger partial charge >= 0.3 is 0 Å². The summed E-state index contributed by atoms with van der Waals surface area (Å²) in [6.45, 7) is 8.71. The Morgan fingerprint density at radius 3 is 2.59 bits per heavy atom. The van der Waals surface area contributed by atoms with Crippen LogP contribution in [-0.2, 0) is 0 Å². The molecule has 0 saturated carbocycles. The number of nitrogen functional groups attached to an aromatic ring is 1. The van der Waals surface area contributed by atoms with Gasteiger partial charge in [0.1, 0.15) is 12.0 Å². The minimum Gasteiger partial charge on any atom is -0.476 e. The van der Waals surface area contributed by atoms with Gasteiger partial charge in [-0.3, -0.25) is 0 Å². The van der Waals surface area contributed by atoms with Crippen molar-refractivity contribution >= 4 is 11.5 Å². The maximum Gasteiger partial charge on any atom is 0.242 e. The van der Waals surface area contributed by atoms with E-state index in [-0.39, 0.29) is 0 Å². The number of rotatable bonds is 7. The van der Waals surface area contributed by atoms with Crippen molar-refractivity contribution in [1.29, 1.82) is 0 Å². The molecule has 1 rings (SSSR count). The van der Waals surface area contributed by atoms with E-state index in [0.717, 1.165) is 31.7 Å². The molecule has 0 radical (unpaired) electrons. The van der Waals surface area contributed by atoms with Gasteiger partial charge in [0.05, 0.1) is 6.61 Å². The summed E-state index contributed by atoms with van der Waals surface area (Å²) in [6, 6.07) is 0. The van der Waals surface area contributed by atoms with Crippen molar-refractivity contribution in [2.24, 2.45) is 0 Å². The molecule has 0 atom stereocenters. The van der Waals surface area contributed by atoms with Crippen molar-refractivity contribution < 1.29 is 4.74 Å². The second-order valence-electron chi connectivity index (χ2n) is 3.84. The van der Waals surface area contributed by atoms with Crippen LogP contribution in [0.5, 0.6) is 5.88 Å². The SMILES string of the molecule is CCCOc1ncnc(N(CC)CCC)c1N. The second-order valence-corrected chi connectivity index (χ2v) is 3.84. The molecule has 0 aliphatic heterocycles. The molecular formula is C12H22N4O. The minimum absolute atomic E-state index is 0.492. The maximum atomic E-state index is 6.04. The number of nitrogens with two attached hydrogens (primary N) is 1. The fourth-order valence-corrected chi connectivity index (χ4v) is 1.62. The van der Waals surface area contributed by atoms with Gasteiger partial charge in [0.15, 0.2) is 5.82 Å². The van der Waals surface area contributed by atoms with Crippen molar-refractivity contribution in [3.05, 3.63) is 6.33 Å². The summed E-state index contributed by atoms with van der Waals surface area (Å²) in [5.74, 6) is 1.27. The normalized spacial score (nSPS) is 10.3. The highest BCUT2D eigenvalue weighted by Gasteiger charge is 2.13. The highest BCUT2D eigenvalue weighted by Crippen LogP contribution is 2.27. The van der Waals surface area contributed by atoms with Crippen LogP contribution in [-0.4, -0.2) is 29.7 Å². The molecule has 0 aromatic carbocycles. The Balaban J connectivity index is 2.91. The van der Waals surface area contributed by atoms with Crippen molar-refractivity contribution in [2.75, 3.05) is 30.3 Å². The maximum absolute atomic E-state index is 6.04. The van der Waals surface area contributed by atoms with E-state index in [9.17, 15) is 0 Å². The van der Waals surface area contributed by atoms with Gasteiger partial charge in [-0.2, -0.15) is 4.98 Å². The Morgan fingerprint density at radius 1 is 1.24 bits per heavy atom. The van der Waals surface area contributed by atoms with E-state index >= 15 is 0 Å². The van der Waals surface area contributed by atoms with Crippen LogP contribution in [0.4, 0.5) is 11.5 Å². The van der Waals surface area contributed by atoms with Gasteiger partial charge in [-0.1, -0.05) is 13.8 Å². The third kappa shape index (κ3) is 3.47. The Morgan fingerprint density at radius 2 is 2.00 bits per heavy atom. The summed E-state index contributed by atoms with van der Waals surface area (Å²) in [5.41, 5.74) is 6.58. The van der Waals surface area contributed by atoms with Gasteiger partial charge in [-0.15, -0.1) is 0 Å². The minimum atomic E-state index is 0.492. The molecule has 0 aliphatic rings. The molecule has 0 unspecified atom stereocenters. The summed E-state index contributed by atoms with van der Waals surface area (Å²) < 4.78 is 5.50. The van der Waals surface area contributed by atoms with E-state index in [4.69, 9.17) is 10.5 Å². The molecule has 0 saturated heterocycles. The Kier molecular flexibility index (Phi) is 5.52. The first-order chi connectivity index (χ1) is 8.24. The average Bonchev–Trinajstić information content (AvgIpc) is 2.35. The van der Waals surface area contributed by atoms with Crippen LogP contribution in [0, 0.1) is 0 Å². The van der Waals surface area contributed by atoms with Gasteiger partial charge in [0.2, 0.25) is 5.88 Å². The van der Waals surface area contributed by atoms with Crippen molar-refractivity contribution in [3.63, 3.8) is 0 Å². The number of nitrogens with zero attached hydrogens (tertiary/aromatic N) is 3. The van der Waals surface area contributed by atoms with Crippen LogP contribution < -0.4 is 15.4 Å². The van der Waals surface area contributed by atoms with Crippen LogP contribution in [0.2, 0.25) is 0 Å². The quantitative estimate of drug-likeness (QED) is 0.788. The Hall–Kier alpha value is -1.52. The lowest BCUT2D eigenvalue weighted by Crippen LogP contribution is -2.26. The van der Waals surface area contributed by atoms with Crippen LogP contribution in [0.15, 0.2) is 6.33 Å². The van der Waals surface area contributed by atoms with Crippen LogP contribution in [0.1, 0.15) is 33.6 Å². The van der Waals surface area contributed by atoms with Crippen LogP contribution in [0.25, 0.3) is 0 Å². The molecule has 0 aliphatic carbocycles. The summed E-state index contributed by atoms with van der Waals surface area (Å²) >= 11 is 0. The highest BCUT2D eigenvalue weighted by atomic mass is 16.5. The van der Waals surface area contributed by atoms with E-state index in [2.05, 4.69) is 28.7 Å². The molecule has 17 heavy (non-hydrogen) atoms. The standard InChI is InChI=1S/C12H22N4O/c1-4-7-16(6-3)11-10(13)12(15-9-14-11)17-8-5-2/h9H,4-8,13H2,1-3H3. The molecule has 0 spiro atoms. The van der Waals surface area contributed by atoms with Crippen molar-refractivity contribution in [1.82, 2.24) is 9.97 Å². The monoisotopic (exact) mass is 238 g/mol. The van der Waals surface area contributed by atoms with E-state index in [1.54, 1.807) is 0 Å². The number of hydrogen-bond acceptors (Lipinski definition) is 5. The van der Waals surface area contributed by atoms with Crippen LogP contribution >= 0.6 is 0 Å². The first-order valence-electron chi connectivity index (χ1n) is 6.22. The Bertz CT molecular complexity index is 343. The lowest BCUT2D eigenvalue weighted by molar-refractivity contribution is 0.306. The van der Waals surface area contributed by atoms with Gasteiger partial charge < -0.3 is 15.4 Å². The number of ether oxygens (including phenoxy) is 1. The van der Waals surface area contributed by atoms with Crippen molar-refractivity contribution in [2.45, 2.75) is 33.6 Å². The van der Waals surface area contributed by atoms with E-state index < -0.39 is 0 Å². The summed E-state index contributed by atoms with van der Waals surface area (Å²) in [4.78, 5) is 10.4. The lowest BCUT2D eigenvalue weighted by Gasteiger charge is -2.23. The highest BCUT2D eigenvalue weighted by molar-refractivity contribution is 5.67. The molecular weight excluding hydrogens is 216 g/mol. The van der Waals surface area contributed by atoms with Gasteiger partial charge in [-0.05, 0) is 19.8 Å². The second kappa shape index (κ2) is 6.93. The zero-order chi connectivity index (χ0) is 12.7. The van der Waals surface area contributed by atoms with E-state index in [1.165, 1.54) is 6.33 Å². The number of anilines is 2. The smallest absolute Gasteiger partial charge is 0.242 e. The molecule has 2 N–H and O–H groups in total. The first-order valence-corrected chi connectivity index (χ1v) is 6.22. The zero-order valence-corrected chi connectivity index (χ0v) is 10.9. The zero-order valence-electron chi connectivity index (χ0n) is 10.9. The predicted molar refractivity (Wildman–Crippen MR) is 70.4 cm³/mol. The summed E-state index contributed by atoms with van der Waals surface area (Å²) in [6.07, 6.45) is 3.50. The summed E-state index contributed by atoms with van der Waals surface area (Å²) in [5, 5.41) is 0. The molecule has 1 heterocycles. The van der Waals surface area contributed by atoms with Gasteiger partial charge in [0, 0.05) is 13.1 Å². The molecule has 0 bridgehead atoms. The molecule has 0 amide bonds. The molecule has 96 valence electrons.